The lowest BCUT2D eigenvalue weighted by atomic mass is 9.87. The van der Waals surface area contributed by atoms with Gasteiger partial charge in [-0.05, 0) is 72.1 Å². The molecule has 4 rings (SSSR count). The van der Waals surface area contributed by atoms with Gasteiger partial charge in [0.15, 0.2) is 5.11 Å². The minimum Gasteiger partial charge on any atom is -0.494 e. The largest absolute Gasteiger partial charge is 0.494 e. The summed E-state index contributed by atoms with van der Waals surface area (Å²) in [6.07, 6.45) is 7.91. The maximum Gasteiger partial charge on any atom is 0.257 e. The summed E-state index contributed by atoms with van der Waals surface area (Å²) < 4.78 is 5.90. The molecular formula is C28H30N2O2S. The van der Waals surface area contributed by atoms with Crippen molar-refractivity contribution >= 4 is 28.9 Å². The molecule has 0 radical (unpaired) electrons. The van der Waals surface area contributed by atoms with Crippen molar-refractivity contribution in [3.05, 3.63) is 84.4 Å². The van der Waals surface area contributed by atoms with Gasteiger partial charge < -0.3 is 10.1 Å². The molecule has 170 valence electrons. The Hall–Kier alpha value is -3.18. The number of carbonyl (C=O) groups is 1. The number of amides is 1. The third-order valence-corrected chi connectivity index (χ3v) is 6.32. The van der Waals surface area contributed by atoms with Crippen molar-refractivity contribution in [2.75, 3.05) is 11.9 Å². The lowest BCUT2D eigenvalue weighted by molar-refractivity contribution is 0.0977. The van der Waals surface area contributed by atoms with Crippen LogP contribution in [-0.4, -0.2) is 17.6 Å². The summed E-state index contributed by atoms with van der Waals surface area (Å²) in [5.74, 6) is 1.43. The molecule has 3 aromatic carbocycles. The van der Waals surface area contributed by atoms with E-state index in [1.807, 2.05) is 66.7 Å². The molecule has 1 amide bonds. The van der Waals surface area contributed by atoms with Crippen LogP contribution < -0.4 is 15.4 Å². The van der Waals surface area contributed by atoms with E-state index in [4.69, 9.17) is 17.0 Å². The van der Waals surface area contributed by atoms with Crippen LogP contribution in [0, 0.1) is 5.92 Å². The maximum atomic E-state index is 12.5. The number of rotatable bonds is 7. The molecule has 3 aromatic rings. The summed E-state index contributed by atoms with van der Waals surface area (Å²) in [5.41, 5.74) is 3.54. The quantitative estimate of drug-likeness (QED) is 0.381. The first-order chi connectivity index (χ1) is 16.2. The van der Waals surface area contributed by atoms with Crippen LogP contribution in [0.2, 0.25) is 0 Å². The first-order valence-electron chi connectivity index (χ1n) is 11.7. The first-order valence-corrected chi connectivity index (χ1v) is 12.1. The monoisotopic (exact) mass is 458 g/mol. The van der Waals surface area contributed by atoms with Crippen molar-refractivity contribution in [3.8, 4) is 16.9 Å². The lowest BCUT2D eigenvalue weighted by Gasteiger charge is -2.21. The molecule has 1 fully saturated rings. The second-order valence-corrected chi connectivity index (χ2v) is 8.93. The summed E-state index contributed by atoms with van der Waals surface area (Å²) in [4.78, 5) is 12.5. The van der Waals surface area contributed by atoms with Crippen molar-refractivity contribution in [2.45, 2.75) is 38.5 Å². The normalized spacial score (nSPS) is 13.8. The van der Waals surface area contributed by atoms with E-state index in [9.17, 15) is 4.79 Å². The lowest BCUT2D eigenvalue weighted by Crippen LogP contribution is -2.34. The van der Waals surface area contributed by atoms with Crippen LogP contribution in [0.25, 0.3) is 11.1 Å². The Morgan fingerprint density at radius 3 is 2.21 bits per heavy atom. The topological polar surface area (TPSA) is 50.4 Å². The molecule has 0 aliphatic heterocycles. The van der Waals surface area contributed by atoms with E-state index >= 15 is 0 Å². The third kappa shape index (κ3) is 6.90. The van der Waals surface area contributed by atoms with E-state index in [1.54, 1.807) is 12.1 Å². The van der Waals surface area contributed by atoms with Crippen molar-refractivity contribution in [1.82, 2.24) is 5.32 Å². The minimum absolute atomic E-state index is 0.241. The minimum atomic E-state index is -0.241. The predicted molar refractivity (Wildman–Crippen MR) is 139 cm³/mol. The number of carbonyl (C=O) groups excluding carboxylic acids is 1. The fourth-order valence-corrected chi connectivity index (χ4v) is 4.45. The number of ether oxygens (including phenoxy) is 1. The second kappa shape index (κ2) is 11.6. The van der Waals surface area contributed by atoms with Crippen molar-refractivity contribution in [2.24, 2.45) is 5.92 Å². The van der Waals surface area contributed by atoms with Gasteiger partial charge in [-0.15, -0.1) is 0 Å². The van der Waals surface area contributed by atoms with E-state index in [0.717, 1.165) is 41.5 Å². The summed E-state index contributed by atoms with van der Waals surface area (Å²) in [6, 6.07) is 25.2. The van der Waals surface area contributed by atoms with Crippen molar-refractivity contribution < 1.29 is 9.53 Å². The molecule has 0 aromatic heterocycles. The van der Waals surface area contributed by atoms with E-state index < -0.39 is 0 Å². The average Bonchev–Trinajstić information content (AvgIpc) is 2.86. The fourth-order valence-electron chi connectivity index (χ4n) is 4.24. The van der Waals surface area contributed by atoms with Gasteiger partial charge in [0.1, 0.15) is 5.75 Å². The zero-order valence-electron chi connectivity index (χ0n) is 18.8. The average molecular weight is 459 g/mol. The maximum absolute atomic E-state index is 12.5. The standard InChI is InChI=1S/C28H30N2O2S/c31-27(24-13-11-23(12-14-24)22-9-5-2-6-10-22)30-28(33)29-25-15-17-26(18-16-25)32-20-19-21-7-3-1-4-8-21/h2,5-6,9-18,21H,1,3-4,7-8,19-20H2,(H2,29,30,31,33). The Morgan fingerprint density at radius 1 is 0.848 bits per heavy atom. The van der Waals surface area contributed by atoms with E-state index in [1.165, 1.54) is 32.1 Å². The molecule has 0 saturated heterocycles. The van der Waals surface area contributed by atoms with Gasteiger partial charge in [0.2, 0.25) is 0 Å². The molecule has 0 atom stereocenters. The zero-order chi connectivity index (χ0) is 22.9. The number of benzene rings is 3. The molecule has 1 aliphatic rings. The number of hydrogen-bond acceptors (Lipinski definition) is 3. The number of thiocarbonyl (C=S) groups is 1. The van der Waals surface area contributed by atoms with Crippen LogP contribution in [0.5, 0.6) is 5.75 Å². The highest BCUT2D eigenvalue weighted by molar-refractivity contribution is 7.80. The second-order valence-electron chi connectivity index (χ2n) is 8.52. The Morgan fingerprint density at radius 2 is 1.52 bits per heavy atom. The van der Waals surface area contributed by atoms with E-state index in [0.29, 0.717) is 5.56 Å². The highest BCUT2D eigenvalue weighted by Crippen LogP contribution is 2.26. The molecule has 2 N–H and O–H groups in total. The van der Waals surface area contributed by atoms with E-state index in [2.05, 4.69) is 10.6 Å². The predicted octanol–water partition coefficient (Wildman–Crippen LogP) is 6.83. The fraction of sp³-hybridized carbons (Fsp3) is 0.286. The van der Waals surface area contributed by atoms with Crippen LogP contribution in [0.4, 0.5) is 5.69 Å². The van der Waals surface area contributed by atoms with Gasteiger partial charge in [-0.2, -0.15) is 0 Å². The Bertz CT molecular complexity index is 1040. The molecule has 33 heavy (non-hydrogen) atoms. The molecule has 0 bridgehead atoms. The van der Waals surface area contributed by atoms with Crippen LogP contribution >= 0.6 is 12.2 Å². The van der Waals surface area contributed by atoms with Gasteiger partial charge in [-0.1, -0.05) is 74.6 Å². The summed E-state index contributed by atoms with van der Waals surface area (Å²) in [7, 11) is 0. The van der Waals surface area contributed by atoms with Crippen LogP contribution in [0.1, 0.15) is 48.9 Å². The Labute approximate surface area is 201 Å². The summed E-state index contributed by atoms with van der Waals surface area (Å²) >= 11 is 5.32. The van der Waals surface area contributed by atoms with Crippen LogP contribution in [-0.2, 0) is 0 Å². The molecular weight excluding hydrogens is 428 g/mol. The number of anilines is 1. The summed E-state index contributed by atoms with van der Waals surface area (Å²) in [6.45, 7) is 0.759. The highest BCUT2D eigenvalue weighted by Gasteiger charge is 2.13. The van der Waals surface area contributed by atoms with Gasteiger partial charge in [0.25, 0.3) is 5.91 Å². The number of nitrogens with one attached hydrogen (secondary N) is 2. The van der Waals surface area contributed by atoms with Crippen molar-refractivity contribution in [1.29, 1.82) is 0 Å². The Kier molecular flexibility index (Phi) is 8.09. The molecule has 0 heterocycles. The molecule has 5 heteroatoms. The van der Waals surface area contributed by atoms with Gasteiger partial charge in [-0.25, -0.2) is 0 Å². The van der Waals surface area contributed by atoms with Gasteiger partial charge in [0.05, 0.1) is 6.61 Å². The van der Waals surface area contributed by atoms with Crippen molar-refractivity contribution in [3.63, 3.8) is 0 Å². The SMILES string of the molecule is O=C(NC(=S)Nc1ccc(OCCC2CCCCC2)cc1)c1ccc(-c2ccccc2)cc1. The molecule has 1 saturated carbocycles. The van der Waals surface area contributed by atoms with Gasteiger partial charge in [0, 0.05) is 11.3 Å². The molecule has 0 unspecified atom stereocenters. The smallest absolute Gasteiger partial charge is 0.257 e. The molecule has 0 spiro atoms. The third-order valence-electron chi connectivity index (χ3n) is 6.11. The Balaban J connectivity index is 1.23. The van der Waals surface area contributed by atoms with Crippen LogP contribution in [0.3, 0.4) is 0 Å². The summed E-state index contributed by atoms with van der Waals surface area (Å²) in [5, 5.41) is 6.06. The highest BCUT2D eigenvalue weighted by atomic mass is 32.1. The molecule has 1 aliphatic carbocycles. The number of hydrogen-bond donors (Lipinski definition) is 2. The van der Waals surface area contributed by atoms with Gasteiger partial charge >= 0.3 is 0 Å². The zero-order valence-corrected chi connectivity index (χ0v) is 19.6. The first kappa shape index (κ1) is 23.0. The molecule has 4 nitrogen and oxygen atoms in total. The van der Waals surface area contributed by atoms with E-state index in [-0.39, 0.29) is 11.0 Å². The van der Waals surface area contributed by atoms with Gasteiger partial charge in [-0.3, -0.25) is 10.1 Å². The van der Waals surface area contributed by atoms with Crippen LogP contribution in [0.15, 0.2) is 78.9 Å².